The van der Waals surface area contributed by atoms with Crippen molar-refractivity contribution in [2.24, 2.45) is 0 Å². The van der Waals surface area contributed by atoms with Gasteiger partial charge in [0.15, 0.2) is 11.5 Å². The largest absolute Gasteiger partial charge is 0.282 e. The second kappa shape index (κ2) is 8.61. The van der Waals surface area contributed by atoms with Crippen molar-refractivity contribution in [3.8, 4) is 22.5 Å². The normalized spacial score (nSPS) is 13.5. The minimum absolute atomic E-state index is 0.447. The lowest BCUT2D eigenvalue weighted by Gasteiger charge is -2.34. The second-order valence-electron chi connectivity index (χ2n) is 10.1. The van der Waals surface area contributed by atoms with Crippen LogP contribution in [0.5, 0.6) is 0 Å². The third kappa shape index (κ3) is 3.21. The van der Waals surface area contributed by atoms with Gasteiger partial charge in [-0.05, 0) is 85.6 Å². The molecule has 0 atom stereocenters. The van der Waals surface area contributed by atoms with Crippen LogP contribution in [0.4, 0.5) is 0 Å². The van der Waals surface area contributed by atoms with E-state index in [-0.39, 0.29) is 0 Å². The predicted molar refractivity (Wildman–Crippen MR) is 166 cm³/mol. The van der Waals surface area contributed by atoms with Gasteiger partial charge in [-0.15, -0.1) is 10.2 Å². The molecule has 39 heavy (non-hydrogen) atoms. The smallest absolute Gasteiger partial charge is 0.168 e. The molecule has 0 bridgehead atoms. The first kappa shape index (κ1) is 22.7. The summed E-state index contributed by atoms with van der Waals surface area (Å²) >= 11 is 2.44. The van der Waals surface area contributed by atoms with Crippen LogP contribution in [0.3, 0.4) is 0 Å². The quantitative estimate of drug-likeness (QED) is 0.188. The number of hydrogen-bond acceptors (Lipinski definition) is 2. The van der Waals surface area contributed by atoms with Gasteiger partial charge in [-0.25, -0.2) is 0 Å². The number of halogens is 1. The molecule has 7 aromatic rings. The summed E-state index contributed by atoms with van der Waals surface area (Å²) in [7, 11) is 0. The number of benzene rings is 5. The average Bonchev–Trinajstić information content (AvgIpc) is 3.55. The van der Waals surface area contributed by atoms with Gasteiger partial charge in [-0.2, -0.15) is 0 Å². The Morgan fingerprint density at radius 3 is 1.97 bits per heavy atom. The van der Waals surface area contributed by atoms with E-state index in [1.807, 2.05) is 0 Å². The zero-order chi connectivity index (χ0) is 26.0. The van der Waals surface area contributed by atoms with Crippen LogP contribution < -0.4 is 0 Å². The van der Waals surface area contributed by atoms with Crippen LogP contribution in [0.25, 0.3) is 38.9 Å². The Kier molecular flexibility index (Phi) is 5.01. The Morgan fingerprint density at radius 2 is 1.23 bits per heavy atom. The molecule has 1 aliphatic carbocycles. The number of fused-ring (bicyclic) bond motifs is 6. The maximum Gasteiger partial charge on any atom is 0.168 e. The summed E-state index contributed by atoms with van der Waals surface area (Å²) in [4.78, 5) is 0. The fraction of sp³-hybridized carbons (Fsp3) is 0.0286. The molecule has 4 heteroatoms. The molecule has 0 amide bonds. The van der Waals surface area contributed by atoms with Gasteiger partial charge in [0.05, 0.1) is 5.41 Å². The van der Waals surface area contributed by atoms with Gasteiger partial charge in [0.2, 0.25) is 0 Å². The monoisotopic (exact) mass is 611 g/mol. The van der Waals surface area contributed by atoms with Gasteiger partial charge in [0.1, 0.15) is 0 Å². The predicted octanol–water partition coefficient (Wildman–Crippen LogP) is 8.52. The molecule has 1 aliphatic rings. The number of rotatable bonds is 3. The maximum atomic E-state index is 4.71. The summed E-state index contributed by atoms with van der Waals surface area (Å²) in [6.07, 6.45) is 2.08. The lowest BCUT2D eigenvalue weighted by atomic mass is 9.67. The van der Waals surface area contributed by atoms with Crippen molar-refractivity contribution in [1.82, 2.24) is 14.6 Å². The first-order chi connectivity index (χ1) is 19.2. The highest BCUT2D eigenvalue weighted by Gasteiger charge is 2.46. The molecule has 184 valence electrons. The lowest BCUT2D eigenvalue weighted by molar-refractivity contribution is 0.768. The Balaban J connectivity index is 1.45. The van der Waals surface area contributed by atoms with Gasteiger partial charge < -0.3 is 0 Å². The van der Waals surface area contributed by atoms with Crippen molar-refractivity contribution in [3.63, 3.8) is 0 Å². The van der Waals surface area contributed by atoms with Gasteiger partial charge in [0.25, 0.3) is 0 Å². The molecule has 0 unspecified atom stereocenters. The molecule has 2 heterocycles. The minimum atomic E-state index is -0.447. The molecule has 0 fully saturated rings. The first-order valence-corrected chi connectivity index (χ1v) is 14.1. The summed E-state index contributed by atoms with van der Waals surface area (Å²) in [5.74, 6) is 0.846. The van der Waals surface area contributed by atoms with E-state index in [2.05, 4.69) is 166 Å². The molecule has 8 rings (SSSR count). The number of aromatic nitrogens is 3. The van der Waals surface area contributed by atoms with Gasteiger partial charge in [-0.1, -0.05) is 103 Å². The van der Waals surface area contributed by atoms with Crippen molar-refractivity contribution in [3.05, 3.63) is 159 Å². The van der Waals surface area contributed by atoms with E-state index in [0.29, 0.717) is 0 Å². The molecule has 0 spiro atoms. The van der Waals surface area contributed by atoms with E-state index in [0.717, 1.165) is 27.8 Å². The van der Waals surface area contributed by atoms with E-state index >= 15 is 0 Å². The van der Waals surface area contributed by atoms with Crippen molar-refractivity contribution in [2.75, 3.05) is 0 Å². The molecular weight excluding hydrogens is 589 g/mol. The van der Waals surface area contributed by atoms with Gasteiger partial charge >= 0.3 is 0 Å². The van der Waals surface area contributed by atoms with Crippen molar-refractivity contribution in [2.45, 2.75) is 5.41 Å². The topological polar surface area (TPSA) is 30.2 Å². The molecule has 0 radical (unpaired) electrons. The van der Waals surface area contributed by atoms with Crippen molar-refractivity contribution >= 4 is 39.0 Å². The highest BCUT2D eigenvalue weighted by atomic mass is 127. The Bertz CT molecular complexity index is 1990. The van der Waals surface area contributed by atoms with Crippen LogP contribution in [0.2, 0.25) is 0 Å². The summed E-state index contributed by atoms with van der Waals surface area (Å²) in [5.41, 5.74) is 9.12. The summed E-state index contributed by atoms with van der Waals surface area (Å²) in [6.45, 7) is 0. The van der Waals surface area contributed by atoms with Gasteiger partial charge in [-0.3, -0.25) is 4.40 Å². The van der Waals surface area contributed by atoms with E-state index in [1.54, 1.807) is 0 Å². The molecule has 2 aromatic heterocycles. The fourth-order valence-corrected chi connectivity index (χ4v) is 6.91. The molecule has 0 saturated carbocycles. The fourth-order valence-electron chi connectivity index (χ4n) is 6.41. The SMILES string of the molecule is Ic1ccc2c(c1)C(c1ccccc1)(c1ccccc1)c1cc(-c3nnc4c5ccccc5ccn34)ccc1-2. The molecule has 3 nitrogen and oxygen atoms in total. The third-order valence-electron chi connectivity index (χ3n) is 8.07. The molecule has 0 saturated heterocycles. The van der Waals surface area contributed by atoms with Crippen LogP contribution in [0.1, 0.15) is 22.3 Å². The zero-order valence-corrected chi connectivity index (χ0v) is 23.1. The van der Waals surface area contributed by atoms with Crippen LogP contribution in [-0.2, 0) is 5.41 Å². The first-order valence-electron chi connectivity index (χ1n) is 13.0. The van der Waals surface area contributed by atoms with E-state index in [4.69, 9.17) is 5.10 Å². The summed E-state index contributed by atoms with van der Waals surface area (Å²) < 4.78 is 3.34. The number of pyridine rings is 1. The minimum Gasteiger partial charge on any atom is -0.282 e. The average molecular weight is 611 g/mol. The molecule has 5 aromatic carbocycles. The number of nitrogens with zero attached hydrogens (tertiary/aromatic N) is 3. The molecule has 0 N–H and O–H groups in total. The highest BCUT2D eigenvalue weighted by Crippen LogP contribution is 2.56. The van der Waals surface area contributed by atoms with Gasteiger partial charge in [0, 0.05) is 20.7 Å². The van der Waals surface area contributed by atoms with Crippen LogP contribution in [0.15, 0.2) is 134 Å². The Labute approximate surface area is 239 Å². The lowest BCUT2D eigenvalue weighted by Crippen LogP contribution is -2.28. The third-order valence-corrected chi connectivity index (χ3v) is 8.74. The molecule has 0 aliphatic heterocycles. The van der Waals surface area contributed by atoms with E-state index < -0.39 is 5.41 Å². The summed E-state index contributed by atoms with van der Waals surface area (Å²) in [6, 6.07) is 45.9. The standard InChI is InChI=1S/C35H22IN3/c36-27-16-18-30-29-17-15-24(33-37-38-34-28-14-8-7-9-23(28)19-20-39(33)34)21-31(29)35(32(30)22-27,25-10-3-1-4-11-25)26-12-5-2-6-13-26/h1-22H. The zero-order valence-electron chi connectivity index (χ0n) is 20.9. The molecular formula is C35H22IN3. The van der Waals surface area contributed by atoms with Crippen LogP contribution in [0, 0.1) is 3.57 Å². The maximum absolute atomic E-state index is 4.71. The number of hydrogen-bond donors (Lipinski definition) is 0. The van der Waals surface area contributed by atoms with E-state index in [1.165, 1.54) is 37.0 Å². The summed E-state index contributed by atoms with van der Waals surface area (Å²) in [5, 5.41) is 11.6. The Hall–Kier alpha value is -4.29. The van der Waals surface area contributed by atoms with Crippen molar-refractivity contribution in [1.29, 1.82) is 0 Å². The Morgan fingerprint density at radius 1 is 0.590 bits per heavy atom. The highest BCUT2D eigenvalue weighted by molar-refractivity contribution is 14.1. The van der Waals surface area contributed by atoms with Crippen LogP contribution in [-0.4, -0.2) is 14.6 Å². The second-order valence-corrected chi connectivity index (χ2v) is 11.3. The van der Waals surface area contributed by atoms with Crippen molar-refractivity contribution < 1.29 is 0 Å². The van der Waals surface area contributed by atoms with Crippen LogP contribution >= 0.6 is 22.6 Å². The van der Waals surface area contributed by atoms with E-state index in [9.17, 15) is 0 Å².